The number of thioether (sulfide) groups is 1. The third-order valence-corrected chi connectivity index (χ3v) is 4.62. The summed E-state index contributed by atoms with van der Waals surface area (Å²) in [6.45, 7) is 2.96. The minimum absolute atomic E-state index is 0.0967. The number of amides is 1. The first-order chi connectivity index (χ1) is 8.08. The molecule has 3 unspecified atom stereocenters. The molecular formula is C11H22N2O2S2. The summed E-state index contributed by atoms with van der Waals surface area (Å²) in [4.78, 5) is 11.7. The second kappa shape index (κ2) is 8.11. The highest BCUT2D eigenvalue weighted by molar-refractivity contribution is 7.99. The quantitative estimate of drug-likeness (QED) is 0.736. The third-order valence-electron chi connectivity index (χ3n) is 2.68. The van der Waals surface area contributed by atoms with Crippen LogP contribution in [0, 0.1) is 0 Å². The molecule has 0 aromatic carbocycles. The molecule has 1 amide bonds. The van der Waals surface area contributed by atoms with Crippen LogP contribution in [0.1, 0.15) is 19.8 Å². The van der Waals surface area contributed by atoms with Crippen LogP contribution >= 0.6 is 11.8 Å². The minimum atomic E-state index is -0.774. The van der Waals surface area contributed by atoms with Gasteiger partial charge >= 0.3 is 0 Å². The zero-order valence-electron chi connectivity index (χ0n) is 10.5. The lowest BCUT2D eigenvalue weighted by molar-refractivity contribution is -0.122. The van der Waals surface area contributed by atoms with Gasteiger partial charge in [-0.1, -0.05) is 0 Å². The molecule has 0 saturated carbocycles. The van der Waals surface area contributed by atoms with Gasteiger partial charge < -0.3 is 10.6 Å². The van der Waals surface area contributed by atoms with Gasteiger partial charge in [0.05, 0.1) is 0 Å². The average molecular weight is 278 g/mol. The van der Waals surface area contributed by atoms with Gasteiger partial charge in [0, 0.05) is 59.4 Å². The molecule has 1 aliphatic rings. The first-order valence-corrected chi connectivity index (χ1v) is 8.86. The van der Waals surface area contributed by atoms with Crippen LogP contribution in [0.5, 0.6) is 0 Å². The molecule has 100 valence electrons. The summed E-state index contributed by atoms with van der Waals surface area (Å²) < 4.78 is 10.9. The highest BCUT2D eigenvalue weighted by Gasteiger charge is 2.17. The van der Waals surface area contributed by atoms with Crippen molar-refractivity contribution < 1.29 is 9.00 Å². The Morgan fingerprint density at radius 3 is 3.00 bits per heavy atom. The van der Waals surface area contributed by atoms with Crippen LogP contribution in [0.15, 0.2) is 0 Å². The Balaban J connectivity index is 2.16. The van der Waals surface area contributed by atoms with E-state index in [4.69, 9.17) is 0 Å². The lowest BCUT2D eigenvalue weighted by Crippen LogP contribution is -2.43. The Bertz CT molecular complexity index is 268. The molecule has 0 aromatic heterocycles. The normalized spacial score (nSPS) is 24.0. The second-order valence-corrected chi connectivity index (χ2v) is 7.17. The fourth-order valence-corrected chi connectivity index (χ4v) is 3.36. The fraction of sp³-hybridized carbons (Fsp3) is 0.909. The summed E-state index contributed by atoms with van der Waals surface area (Å²) in [5.74, 6) is 2.90. The topological polar surface area (TPSA) is 58.2 Å². The number of carbonyl (C=O) groups excluding carboxylic acids is 1. The van der Waals surface area contributed by atoms with E-state index in [1.54, 1.807) is 6.26 Å². The number of carbonyl (C=O) groups is 1. The monoisotopic (exact) mass is 278 g/mol. The first-order valence-electron chi connectivity index (χ1n) is 5.98. The molecule has 0 aromatic rings. The number of rotatable bonds is 6. The smallest absolute Gasteiger partial charge is 0.221 e. The van der Waals surface area contributed by atoms with E-state index in [9.17, 15) is 9.00 Å². The van der Waals surface area contributed by atoms with E-state index >= 15 is 0 Å². The molecule has 6 heteroatoms. The van der Waals surface area contributed by atoms with Crippen molar-refractivity contribution in [3.05, 3.63) is 0 Å². The van der Waals surface area contributed by atoms with E-state index in [1.807, 2.05) is 18.7 Å². The molecule has 0 radical (unpaired) electrons. The largest absolute Gasteiger partial charge is 0.354 e. The second-order valence-electron chi connectivity index (χ2n) is 4.46. The van der Waals surface area contributed by atoms with Crippen LogP contribution in [-0.2, 0) is 15.6 Å². The Kier molecular flexibility index (Phi) is 7.15. The maximum atomic E-state index is 11.7. The molecule has 0 bridgehead atoms. The Morgan fingerprint density at radius 2 is 2.41 bits per heavy atom. The maximum Gasteiger partial charge on any atom is 0.221 e. The zero-order valence-corrected chi connectivity index (χ0v) is 12.2. The predicted molar refractivity (Wildman–Crippen MR) is 74.9 cm³/mol. The van der Waals surface area contributed by atoms with Crippen molar-refractivity contribution in [3.8, 4) is 0 Å². The van der Waals surface area contributed by atoms with Crippen LogP contribution in [0.2, 0.25) is 0 Å². The highest BCUT2D eigenvalue weighted by Crippen LogP contribution is 2.10. The first kappa shape index (κ1) is 15.0. The predicted octanol–water partition coefficient (Wildman–Crippen LogP) is 0.355. The zero-order chi connectivity index (χ0) is 12.7. The molecule has 3 atom stereocenters. The molecule has 1 aliphatic heterocycles. The van der Waals surface area contributed by atoms with E-state index in [-0.39, 0.29) is 11.9 Å². The molecular weight excluding hydrogens is 256 g/mol. The van der Waals surface area contributed by atoms with E-state index in [1.165, 1.54) is 0 Å². The Labute approximate surface area is 110 Å². The van der Waals surface area contributed by atoms with Crippen LogP contribution in [-0.4, -0.2) is 52.3 Å². The van der Waals surface area contributed by atoms with Gasteiger partial charge in [0.2, 0.25) is 5.91 Å². The van der Waals surface area contributed by atoms with E-state index in [0.717, 1.165) is 24.5 Å². The van der Waals surface area contributed by atoms with Gasteiger partial charge in [0.1, 0.15) is 0 Å². The molecule has 1 rings (SSSR count). The number of hydrogen-bond donors (Lipinski definition) is 2. The Hall–Kier alpha value is -0.0700. The van der Waals surface area contributed by atoms with E-state index < -0.39 is 10.8 Å². The van der Waals surface area contributed by atoms with Gasteiger partial charge in [0.25, 0.3) is 0 Å². The molecule has 2 N–H and O–H groups in total. The highest BCUT2D eigenvalue weighted by atomic mass is 32.2. The van der Waals surface area contributed by atoms with Crippen molar-refractivity contribution in [2.75, 3.05) is 30.1 Å². The molecule has 1 saturated heterocycles. The maximum absolute atomic E-state index is 11.7. The summed E-state index contributed by atoms with van der Waals surface area (Å²) >= 11 is 1.90. The molecule has 4 nitrogen and oxygen atoms in total. The molecule has 0 aliphatic carbocycles. The van der Waals surface area contributed by atoms with Gasteiger partial charge in [-0.2, -0.15) is 11.8 Å². The van der Waals surface area contributed by atoms with Crippen LogP contribution in [0.25, 0.3) is 0 Å². The molecule has 1 heterocycles. The SMILES string of the molecule is CC(CCS(C)=O)NC(=O)CC1CSCCN1. The lowest BCUT2D eigenvalue weighted by Gasteiger charge is -2.23. The summed E-state index contributed by atoms with van der Waals surface area (Å²) in [7, 11) is -0.774. The fourth-order valence-electron chi connectivity index (χ4n) is 1.72. The van der Waals surface area contributed by atoms with E-state index in [2.05, 4.69) is 10.6 Å². The van der Waals surface area contributed by atoms with E-state index in [0.29, 0.717) is 18.2 Å². The molecule has 17 heavy (non-hydrogen) atoms. The van der Waals surface area contributed by atoms with Crippen LogP contribution < -0.4 is 10.6 Å². The third kappa shape index (κ3) is 7.06. The summed E-state index contributed by atoms with van der Waals surface area (Å²) in [5, 5.41) is 6.30. The number of hydrogen-bond acceptors (Lipinski definition) is 4. The van der Waals surface area contributed by atoms with Crippen molar-refractivity contribution in [3.63, 3.8) is 0 Å². The Morgan fingerprint density at radius 1 is 1.65 bits per heavy atom. The summed E-state index contributed by atoms with van der Waals surface area (Å²) in [6.07, 6.45) is 3.02. The van der Waals surface area contributed by atoms with Crippen molar-refractivity contribution in [1.29, 1.82) is 0 Å². The molecule has 1 fully saturated rings. The van der Waals surface area contributed by atoms with Crippen molar-refractivity contribution >= 4 is 28.5 Å². The average Bonchev–Trinajstić information content (AvgIpc) is 2.27. The summed E-state index contributed by atoms with van der Waals surface area (Å²) in [6, 6.07) is 0.420. The van der Waals surface area contributed by atoms with Crippen LogP contribution in [0.4, 0.5) is 0 Å². The standard InChI is InChI=1S/C11H22N2O2S2/c1-9(3-6-17(2)15)13-11(14)7-10-8-16-5-4-12-10/h9-10,12H,3-8H2,1-2H3,(H,13,14). The van der Waals surface area contributed by atoms with Crippen LogP contribution in [0.3, 0.4) is 0 Å². The number of nitrogens with one attached hydrogen (secondary N) is 2. The van der Waals surface area contributed by atoms with Crippen molar-refractivity contribution in [1.82, 2.24) is 10.6 Å². The van der Waals surface area contributed by atoms with Gasteiger partial charge in [-0.3, -0.25) is 9.00 Å². The lowest BCUT2D eigenvalue weighted by atomic mass is 10.2. The molecule has 0 spiro atoms. The van der Waals surface area contributed by atoms with Gasteiger partial charge in [0.15, 0.2) is 0 Å². The van der Waals surface area contributed by atoms with Gasteiger partial charge in [-0.15, -0.1) is 0 Å². The summed E-state index contributed by atoms with van der Waals surface area (Å²) in [5.41, 5.74) is 0. The van der Waals surface area contributed by atoms with Crippen molar-refractivity contribution in [2.45, 2.75) is 31.8 Å². The minimum Gasteiger partial charge on any atom is -0.354 e. The van der Waals surface area contributed by atoms with Gasteiger partial charge in [-0.25, -0.2) is 0 Å². The van der Waals surface area contributed by atoms with Gasteiger partial charge in [-0.05, 0) is 13.3 Å². The van der Waals surface area contributed by atoms with Crippen molar-refractivity contribution in [2.24, 2.45) is 0 Å².